The van der Waals surface area contributed by atoms with Gasteiger partial charge >= 0.3 is 0 Å². The molecule has 1 aromatic carbocycles. The number of carbonyl (C=O) groups is 1. The number of aryl methyl sites for hydroxylation is 1. The van der Waals surface area contributed by atoms with Gasteiger partial charge in [-0.1, -0.05) is 6.92 Å². The lowest BCUT2D eigenvalue weighted by Crippen LogP contribution is -2.48. The summed E-state index contributed by atoms with van der Waals surface area (Å²) in [7, 11) is 0. The van der Waals surface area contributed by atoms with E-state index in [1.807, 2.05) is 13.0 Å². The average Bonchev–Trinajstić information content (AvgIpc) is 3.33. The zero-order chi connectivity index (χ0) is 17.6. The monoisotopic (exact) mass is 343 g/mol. The second kappa shape index (κ2) is 6.45. The van der Waals surface area contributed by atoms with Crippen molar-refractivity contribution >= 4 is 16.8 Å². The van der Waals surface area contributed by atoms with Gasteiger partial charge in [0.25, 0.3) is 5.91 Å². The number of aromatic amines is 1. The summed E-state index contributed by atoms with van der Waals surface area (Å²) < 4.78 is 13.6. The summed E-state index contributed by atoms with van der Waals surface area (Å²) in [5.74, 6) is -0.190. The van der Waals surface area contributed by atoms with E-state index in [1.165, 1.54) is 12.1 Å². The van der Waals surface area contributed by atoms with Crippen molar-refractivity contribution in [2.24, 2.45) is 0 Å². The molecule has 134 valence electrons. The van der Waals surface area contributed by atoms with Crippen LogP contribution < -0.4 is 0 Å². The number of fused-ring (bicyclic) bond motifs is 1. The fourth-order valence-corrected chi connectivity index (χ4v) is 4.13. The molecule has 2 fully saturated rings. The number of piperidine rings is 1. The van der Waals surface area contributed by atoms with Gasteiger partial charge in [0.2, 0.25) is 0 Å². The van der Waals surface area contributed by atoms with Gasteiger partial charge in [-0.25, -0.2) is 4.39 Å². The highest BCUT2D eigenvalue weighted by Crippen LogP contribution is 2.34. The quantitative estimate of drug-likeness (QED) is 0.919. The number of H-pyrrole nitrogens is 1. The van der Waals surface area contributed by atoms with Crippen molar-refractivity contribution in [3.63, 3.8) is 0 Å². The van der Waals surface area contributed by atoms with Gasteiger partial charge < -0.3 is 14.8 Å². The number of benzene rings is 1. The zero-order valence-corrected chi connectivity index (χ0v) is 15.0. The fraction of sp³-hybridized carbons (Fsp3) is 0.550. The largest absolute Gasteiger partial charge is 0.350 e. The minimum absolute atomic E-state index is 0.0773. The summed E-state index contributed by atoms with van der Waals surface area (Å²) in [5, 5.41) is 0.932. The summed E-state index contributed by atoms with van der Waals surface area (Å²) in [4.78, 5) is 20.9. The van der Waals surface area contributed by atoms with Crippen LogP contribution >= 0.6 is 0 Å². The number of rotatable bonds is 4. The van der Waals surface area contributed by atoms with E-state index in [1.54, 1.807) is 0 Å². The van der Waals surface area contributed by atoms with Crippen LogP contribution in [-0.4, -0.2) is 52.4 Å². The molecule has 0 bridgehead atoms. The Morgan fingerprint density at radius 1 is 1.20 bits per heavy atom. The third-order valence-corrected chi connectivity index (χ3v) is 5.71. The number of halogens is 1. The van der Waals surface area contributed by atoms with E-state index in [0.29, 0.717) is 23.3 Å². The highest BCUT2D eigenvalue weighted by molar-refractivity contribution is 5.99. The SMILES string of the molecule is CCN1CCC(N(C(=O)c2cc3c(C)cc(F)cc3[nH]2)C2CC2)CC1. The molecule has 1 aliphatic heterocycles. The van der Waals surface area contributed by atoms with Gasteiger partial charge in [0, 0.05) is 36.1 Å². The highest BCUT2D eigenvalue weighted by atomic mass is 19.1. The van der Waals surface area contributed by atoms with Crippen molar-refractivity contribution in [1.29, 1.82) is 0 Å². The van der Waals surface area contributed by atoms with Crippen LogP contribution in [0.15, 0.2) is 18.2 Å². The third-order valence-electron chi connectivity index (χ3n) is 5.71. The predicted octanol–water partition coefficient (Wildman–Crippen LogP) is 3.70. The summed E-state index contributed by atoms with van der Waals surface area (Å²) in [5.41, 5.74) is 2.16. The number of hydrogen-bond donors (Lipinski definition) is 1. The van der Waals surface area contributed by atoms with Crippen LogP contribution in [0.2, 0.25) is 0 Å². The van der Waals surface area contributed by atoms with Crippen LogP contribution in [0.1, 0.15) is 48.7 Å². The number of nitrogens with one attached hydrogen (secondary N) is 1. The molecule has 0 unspecified atom stereocenters. The molecule has 0 spiro atoms. The Morgan fingerprint density at radius 2 is 1.88 bits per heavy atom. The van der Waals surface area contributed by atoms with E-state index in [4.69, 9.17) is 0 Å². The molecule has 5 heteroatoms. The van der Waals surface area contributed by atoms with Gasteiger partial charge in [-0.2, -0.15) is 0 Å². The molecular weight excluding hydrogens is 317 g/mol. The number of likely N-dealkylation sites (tertiary alicyclic amines) is 1. The predicted molar refractivity (Wildman–Crippen MR) is 97.3 cm³/mol. The maximum Gasteiger partial charge on any atom is 0.270 e. The summed E-state index contributed by atoms with van der Waals surface area (Å²) in [6.45, 7) is 7.28. The molecule has 0 radical (unpaired) electrons. The number of carbonyl (C=O) groups excluding carboxylic acids is 1. The van der Waals surface area contributed by atoms with Crippen molar-refractivity contribution in [2.75, 3.05) is 19.6 Å². The Balaban J connectivity index is 1.60. The number of aromatic nitrogens is 1. The molecule has 0 atom stereocenters. The smallest absolute Gasteiger partial charge is 0.270 e. The fourth-order valence-electron chi connectivity index (χ4n) is 4.13. The van der Waals surface area contributed by atoms with Crippen molar-refractivity contribution in [1.82, 2.24) is 14.8 Å². The van der Waals surface area contributed by atoms with E-state index in [0.717, 1.165) is 56.3 Å². The van der Waals surface area contributed by atoms with Gasteiger partial charge in [0.1, 0.15) is 11.5 Å². The van der Waals surface area contributed by atoms with E-state index in [2.05, 4.69) is 21.7 Å². The molecule has 2 aliphatic rings. The van der Waals surface area contributed by atoms with Gasteiger partial charge in [0.15, 0.2) is 0 Å². The van der Waals surface area contributed by atoms with E-state index in [9.17, 15) is 9.18 Å². The molecule has 1 saturated heterocycles. The topological polar surface area (TPSA) is 39.3 Å². The van der Waals surface area contributed by atoms with Gasteiger partial charge in [-0.05, 0) is 62.9 Å². The van der Waals surface area contributed by atoms with Crippen LogP contribution in [0.5, 0.6) is 0 Å². The molecule has 1 aromatic heterocycles. The Labute approximate surface area is 148 Å². The average molecular weight is 343 g/mol. The number of nitrogens with zero attached hydrogens (tertiary/aromatic N) is 2. The van der Waals surface area contributed by atoms with Gasteiger partial charge in [-0.3, -0.25) is 4.79 Å². The molecule has 4 nitrogen and oxygen atoms in total. The van der Waals surface area contributed by atoms with Crippen molar-refractivity contribution in [3.05, 3.63) is 35.3 Å². The first-order valence-electron chi connectivity index (χ1n) is 9.40. The molecular formula is C20H26FN3O. The highest BCUT2D eigenvalue weighted by Gasteiger charge is 2.39. The first kappa shape index (κ1) is 16.6. The maximum absolute atomic E-state index is 13.6. The van der Waals surface area contributed by atoms with E-state index in [-0.39, 0.29) is 11.7 Å². The molecule has 25 heavy (non-hydrogen) atoms. The van der Waals surface area contributed by atoms with Crippen LogP contribution in [0, 0.1) is 12.7 Å². The zero-order valence-electron chi connectivity index (χ0n) is 15.0. The summed E-state index contributed by atoms with van der Waals surface area (Å²) >= 11 is 0. The van der Waals surface area contributed by atoms with Crippen LogP contribution in [0.25, 0.3) is 10.9 Å². The van der Waals surface area contributed by atoms with Crippen LogP contribution in [0.4, 0.5) is 4.39 Å². The van der Waals surface area contributed by atoms with Crippen LogP contribution in [0.3, 0.4) is 0 Å². The van der Waals surface area contributed by atoms with Crippen LogP contribution in [-0.2, 0) is 0 Å². The molecule has 1 amide bonds. The number of hydrogen-bond acceptors (Lipinski definition) is 2. The Morgan fingerprint density at radius 3 is 2.52 bits per heavy atom. The molecule has 1 aliphatic carbocycles. The lowest BCUT2D eigenvalue weighted by Gasteiger charge is -2.38. The van der Waals surface area contributed by atoms with Gasteiger partial charge in [0.05, 0.1) is 0 Å². The first-order chi connectivity index (χ1) is 12.1. The standard InChI is InChI=1S/C20H26FN3O/c1-3-23-8-6-16(7-9-23)24(15-4-5-15)20(25)19-12-17-13(2)10-14(21)11-18(17)22-19/h10-12,15-16,22H,3-9H2,1-2H3. The molecule has 2 heterocycles. The normalized spacial score (nSPS) is 19.5. The lowest BCUT2D eigenvalue weighted by atomic mass is 10.0. The molecule has 4 rings (SSSR count). The molecule has 1 saturated carbocycles. The van der Waals surface area contributed by atoms with Gasteiger partial charge in [-0.15, -0.1) is 0 Å². The minimum Gasteiger partial charge on any atom is -0.350 e. The number of amides is 1. The summed E-state index contributed by atoms with van der Waals surface area (Å²) in [6.07, 6.45) is 4.30. The second-order valence-corrected chi connectivity index (χ2v) is 7.48. The van der Waals surface area contributed by atoms with E-state index < -0.39 is 0 Å². The van der Waals surface area contributed by atoms with E-state index >= 15 is 0 Å². The minimum atomic E-state index is -0.267. The van der Waals surface area contributed by atoms with Crippen molar-refractivity contribution in [3.8, 4) is 0 Å². The first-order valence-corrected chi connectivity index (χ1v) is 9.40. The third kappa shape index (κ3) is 3.17. The van der Waals surface area contributed by atoms with Crippen molar-refractivity contribution < 1.29 is 9.18 Å². The summed E-state index contributed by atoms with van der Waals surface area (Å²) in [6, 6.07) is 5.59. The molecule has 2 aromatic rings. The Hall–Kier alpha value is -1.88. The van der Waals surface area contributed by atoms with Crippen molar-refractivity contribution in [2.45, 2.75) is 51.6 Å². The maximum atomic E-state index is 13.6. The Kier molecular flexibility index (Phi) is 4.28. The Bertz CT molecular complexity index is 788. The lowest BCUT2D eigenvalue weighted by molar-refractivity contribution is 0.0549. The second-order valence-electron chi connectivity index (χ2n) is 7.48. The molecule has 1 N–H and O–H groups in total.